The number of hydrogen-bond donors (Lipinski definition) is 1. The Bertz CT molecular complexity index is 575. The molecule has 0 fully saturated rings. The Morgan fingerprint density at radius 2 is 2.00 bits per heavy atom. The van der Waals surface area contributed by atoms with Gasteiger partial charge in [-0.1, -0.05) is 34.1 Å². The molecule has 0 radical (unpaired) electrons. The molecule has 4 heteroatoms. The molecule has 0 bridgehead atoms. The molecule has 0 aliphatic rings. The van der Waals surface area contributed by atoms with E-state index < -0.39 is 0 Å². The van der Waals surface area contributed by atoms with E-state index in [2.05, 4.69) is 70.0 Å². The van der Waals surface area contributed by atoms with Crippen LogP contribution in [0, 0.1) is 13.8 Å². The van der Waals surface area contributed by atoms with Gasteiger partial charge in [0.2, 0.25) is 0 Å². The smallest absolute Gasteiger partial charge is 0.0673 e. The lowest BCUT2D eigenvalue weighted by Crippen LogP contribution is -2.14. The monoisotopic (exact) mass is 321 g/mol. The maximum atomic E-state index is 4.67. The minimum Gasteiger partial charge on any atom is -0.313 e. The first-order chi connectivity index (χ1) is 9.04. The van der Waals surface area contributed by atoms with Gasteiger partial charge in [-0.05, 0) is 39.4 Å². The summed E-state index contributed by atoms with van der Waals surface area (Å²) in [5.74, 6) is 0. The van der Waals surface area contributed by atoms with Gasteiger partial charge in [0, 0.05) is 21.8 Å². The van der Waals surface area contributed by atoms with Gasteiger partial charge in [-0.25, -0.2) is 0 Å². The lowest BCUT2D eigenvalue weighted by atomic mass is 10.1. The van der Waals surface area contributed by atoms with Gasteiger partial charge >= 0.3 is 0 Å². The van der Waals surface area contributed by atoms with E-state index in [-0.39, 0.29) is 0 Å². The molecule has 1 aromatic carbocycles. The Hall–Kier alpha value is -1.13. The number of hydrogen-bond acceptors (Lipinski definition) is 2. The van der Waals surface area contributed by atoms with Crippen molar-refractivity contribution in [3.8, 4) is 0 Å². The third-order valence-electron chi connectivity index (χ3n) is 3.58. The topological polar surface area (TPSA) is 29.9 Å². The normalized spacial score (nSPS) is 12.7. The molecule has 0 saturated heterocycles. The molecular formula is C15H20BrN3. The van der Waals surface area contributed by atoms with Gasteiger partial charge < -0.3 is 5.32 Å². The van der Waals surface area contributed by atoms with Crippen LogP contribution in [0.2, 0.25) is 0 Å². The summed E-state index contributed by atoms with van der Waals surface area (Å²) in [5.41, 5.74) is 4.88. The highest BCUT2D eigenvalue weighted by atomic mass is 79.9. The molecule has 0 aliphatic heterocycles. The number of rotatable bonds is 4. The molecule has 0 amide bonds. The zero-order valence-electron chi connectivity index (χ0n) is 11.9. The molecule has 2 rings (SSSR count). The molecule has 1 aromatic heterocycles. The van der Waals surface area contributed by atoms with Crippen LogP contribution >= 0.6 is 15.9 Å². The van der Waals surface area contributed by atoms with Gasteiger partial charge in [0.15, 0.2) is 0 Å². The molecule has 2 aromatic rings. The van der Waals surface area contributed by atoms with E-state index in [1.54, 1.807) is 0 Å². The highest BCUT2D eigenvalue weighted by Crippen LogP contribution is 2.23. The van der Waals surface area contributed by atoms with E-state index in [1.807, 2.05) is 13.1 Å². The largest absolute Gasteiger partial charge is 0.313 e. The molecule has 0 aliphatic carbocycles. The van der Waals surface area contributed by atoms with Crippen molar-refractivity contribution in [1.29, 1.82) is 0 Å². The summed E-state index contributed by atoms with van der Waals surface area (Å²) in [5, 5.41) is 7.96. The van der Waals surface area contributed by atoms with Crippen LogP contribution in [0.1, 0.15) is 35.5 Å². The highest BCUT2D eigenvalue weighted by molar-refractivity contribution is 9.10. The van der Waals surface area contributed by atoms with Crippen LogP contribution in [0.15, 0.2) is 28.7 Å². The van der Waals surface area contributed by atoms with Crippen LogP contribution in [0.3, 0.4) is 0 Å². The average molecular weight is 322 g/mol. The second-order valence-electron chi connectivity index (χ2n) is 4.84. The summed E-state index contributed by atoms with van der Waals surface area (Å²) in [6.45, 7) is 7.18. The van der Waals surface area contributed by atoms with Crippen molar-refractivity contribution in [2.24, 2.45) is 0 Å². The van der Waals surface area contributed by atoms with Crippen LogP contribution in [0.5, 0.6) is 0 Å². The van der Waals surface area contributed by atoms with E-state index >= 15 is 0 Å². The van der Waals surface area contributed by atoms with E-state index in [4.69, 9.17) is 0 Å². The molecule has 1 N–H and O–H groups in total. The Morgan fingerprint density at radius 1 is 1.32 bits per heavy atom. The SMILES string of the molecule is CNC(C)c1c(C)nn(Cc2ccccc2Br)c1C. The van der Waals surface area contributed by atoms with Gasteiger partial charge in [0.05, 0.1) is 12.2 Å². The van der Waals surface area contributed by atoms with Gasteiger partial charge in [-0.15, -0.1) is 0 Å². The molecular weight excluding hydrogens is 302 g/mol. The molecule has 0 spiro atoms. The summed E-state index contributed by atoms with van der Waals surface area (Å²) in [4.78, 5) is 0. The Kier molecular flexibility index (Phi) is 4.42. The fraction of sp³-hybridized carbons (Fsp3) is 0.400. The number of nitrogens with one attached hydrogen (secondary N) is 1. The summed E-state index contributed by atoms with van der Waals surface area (Å²) < 4.78 is 3.21. The zero-order chi connectivity index (χ0) is 14.0. The average Bonchev–Trinajstić information content (AvgIpc) is 2.66. The van der Waals surface area contributed by atoms with Crippen LogP contribution in [0.25, 0.3) is 0 Å². The van der Waals surface area contributed by atoms with E-state index in [9.17, 15) is 0 Å². The summed E-state index contributed by atoms with van der Waals surface area (Å²) in [6, 6.07) is 8.61. The third-order valence-corrected chi connectivity index (χ3v) is 4.36. The van der Waals surface area contributed by atoms with Crippen LogP contribution in [0.4, 0.5) is 0 Å². The first kappa shape index (κ1) is 14.3. The molecule has 1 heterocycles. The van der Waals surface area contributed by atoms with E-state index in [1.165, 1.54) is 16.8 Å². The van der Waals surface area contributed by atoms with Gasteiger partial charge in [-0.3, -0.25) is 4.68 Å². The summed E-state index contributed by atoms with van der Waals surface area (Å²) in [7, 11) is 1.98. The molecule has 3 nitrogen and oxygen atoms in total. The maximum absolute atomic E-state index is 4.67. The third kappa shape index (κ3) is 2.90. The second-order valence-corrected chi connectivity index (χ2v) is 5.70. The number of benzene rings is 1. The van der Waals surface area contributed by atoms with E-state index in [0.29, 0.717) is 6.04 Å². The molecule has 1 atom stereocenters. The van der Waals surface area contributed by atoms with Crippen molar-refractivity contribution < 1.29 is 0 Å². The Balaban J connectivity index is 2.35. The van der Waals surface area contributed by atoms with Gasteiger partial charge in [-0.2, -0.15) is 5.10 Å². The standard InChI is InChI=1S/C15H20BrN3/c1-10(17-4)15-11(2)18-19(12(15)3)9-13-7-5-6-8-14(13)16/h5-8,10,17H,9H2,1-4H3. The molecule has 102 valence electrons. The van der Waals surface area contributed by atoms with Crippen molar-refractivity contribution in [3.63, 3.8) is 0 Å². The minimum absolute atomic E-state index is 0.327. The van der Waals surface area contributed by atoms with Crippen molar-refractivity contribution in [1.82, 2.24) is 15.1 Å². The fourth-order valence-corrected chi connectivity index (χ4v) is 2.83. The number of halogens is 1. The quantitative estimate of drug-likeness (QED) is 0.932. The van der Waals surface area contributed by atoms with Crippen LogP contribution in [-0.4, -0.2) is 16.8 Å². The fourth-order valence-electron chi connectivity index (χ4n) is 2.42. The van der Waals surface area contributed by atoms with Crippen molar-refractivity contribution >= 4 is 15.9 Å². The Morgan fingerprint density at radius 3 is 2.63 bits per heavy atom. The van der Waals surface area contributed by atoms with Crippen LogP contribution in [-0.2, 0) is 6.54 Å². The first-order valence-electron chi connectivity index (χ1n) is 6.49. The molecule has 19 heavy (non-hydrogen) atoms. The highest BCUT2D eigenvalue weighted by Gasteiger charge is 2.16. The summed E-state index contributed by atoms with van der Waals surface area (Å²) >= 11 is 3.59. The number of nitrogens with zero attached hydrogens (tertiary/aromatic N) is 2. The number of aromatic nitrogens is 2. The van der Waals surface area contributed by atoms with Crippen LogP contribution < -0.4 is 5.32 Å². The first-order valence-corrected chi connectivity index (χ1v) is 7.28. The lowest BCUT2D eigenvalue weighted by Gasteiger charge is -2.11. The minimum atomic E-state index is 0.327. The predicted molar refractivity (Wildman–Crippen MR) is 82.4 cm³/mol. The van der Waals surface area contributed by atoms with Gasteiger partial charge in [0.25, 0.3) is 0 Å². The van der Waals surface area contributed by atoms with Crippen molar-refractivity contribution in [3.05, 3.63) is 51.3 Å². The Labute approximate surface area is 123 Å². The van der Waals surface area contributed by atoms with Crippen molar-refractivity contribution in [2.45, 2.75) is 33.4 Å². The predicted octanol–water partition coefficient (Wildman–Crippen LogP) is 3.59. The molecule has 1 unspecified atom stereocenters. The molecule has 0 saturated carbocycles. The van der Waals surface area contributed by atoms with Gasteiger partial charge in [0.1, 0.15) is 0 Å². The van der Waals surface area contributed by atoms with Crippen molar-refractivity contribution in [2.75, 3.05) is 7.05 Å². The number of aryl methyl sites for hydroxylation is 1. The van der Waals surface area contributed by atoms with E-state index in [0.717, 1.165) is 16.7 Å². The second kappa shape index (κ2) is 5.88. The maximum Gasteiger partial charge on any atom is 0.0673 e. The summed E-state index contributed by atoms with van der Waals surface area (Å²) in [6.07, 6.45) is 0. The lowest BCUT2D eigenvalue weighted by molar-refractivity contribution is 0.632. The zero-order valence-corrected chi connectivity index (χ0v) is 13.5.